The molecule has 38 heavy (non-hydrogen) atoms. The van der Waals surface area contributed by atoms with Gasteiger partial charge in [-0.2, -0.15) is 0 Å². The second-order valence-electron chi connectivity index (χ2n) is 9.88. The molecule has 0 saturated carbocycles. The second-order valence-corrected chi connectivity index (χ2v) is 9.88. The molecule has 0 unspecified atom stereocenters. The molecule has 0 saturated heterocycles. The Labute approximate surface area is 223 Å². The molecule has 0 aromatic heterocycles. The van der Waals surface area contributed by atoms with E-state index in [1.807, 2.05) is 0 Å². The first-order valence-corrected chi connectivity index (χ1v) is 13.1. The molecule has 7 aromatic carbocycles. The zero-order valence-electron chi connectivity index (χ0n) is 21.3. The highest BCUT2D eigenvalue weighted by Gasteiger charge is 2.22. The quantitative estimate of drug-likeness (QED) is 0.240. The maximum absolute atomic E-state index is 2.44. The molecule has 0 amide bonds. The van der Waals surface area contributed by atoms with Gasteiger partial charge in [0.25, 0.3) is 0 Å². The molecule has 7 aromatic rings. The summed E-state index contributed by atoms with van der Waals surface area (Å²) in [4.78, 5) is 2.44. The third-order valence-corrected chi connectivity index (χ3v) is 7.47. The molecule has 0 spiro atoms. The lowest BCUT2D eigenvalue weighted by molar-refractivity contribution is 1.29. The van der Waals surface area contributed by atoms with Crippen LogP contribution in [0.3, 0.4) is 0 Å². The van der Waals surface area contributed by atoms with E-state index in [9.17, 15) is 0 Å². The second kappa shape index (κ2) is 9.21. The highest BCUT2D eigenvalue weighted by molar-refractivity contribution is 6.12. The van der Waals surface area contributed by atoms with Crippen molar-refractivity contribution in [2.24, 2.45) is 0 Å². The van der Waals surface area contributed by atoms with Gasteiger partial charge in [-0.1, -0.05) is 121 Å². The molecule has 1 nitrogen and oxygen atoms in total. The number of nitrogens with zero attached hydrogens (tertiary/aromatic N) is 1. The van der Waals surface area contributed by atoms with E-state index in [4.69, 9.17) is 0 Å². The Kier molecular flexibility index (Phi) is 5.41. The summed E-state index contributed by atoms with van der Waals surface area (Å²) in [5.41, 5.74) is 7.22. The minimum Gasteiger partial charge on any atom is -0.309 e. The number of fused-ring (bicyclic) bond motifs is 3. The molecule has 0 N–H and O–H groups in total. The molecule has 0 fully saturated rings. The highest BCUT2D eigenvalue weighted by atomic mass is 15.1. The van der Waals surface area contributed by atoms with E-state index in [1.165, 1.54) is 60.4 Å². The summed E-state index contributed by atoms with van der Waals surface area (Å²) in [5, 5.41) is 7.45. The minimum absolute atomic E-state index is 1.15. The average molecular weight is 486 g/mol. The third-order valence-electron chi connectivity index (χ3n) is 7.47. The zero-order chi connectivity index (χ0) is 25.5. The summed E-state index contributed by atoms with van der Waals surface area (Å²) in [6.07, 6.45) is 0. The Hall–Kier alpha value is -4.88. The minimum atomic E-state index is 1.15. The smallest absolute Gasteiger partial charge is 0.0546 e. The van der Waals surface area contributed by atoms with Gasteiger partial charge in [0.2, 0.25) is 0 Å². The van der Waals surface area contributed by atoms with E-state index in [1.54, 1.807) is 0 Å². The Morgan fingerprint density at radius 1 is 0.421 bits per heavy atom. The molecular weight excluding hydrogens is 458 g/mol. The van der Waals surface area contributed by atoms with E-state index in [0.717, 1.165) is 5.69 Å². The lowest BCUT2D eigenvalue weighted by atomic mass is 9.91. The van der Waals surface area contributed by atoms with E-state index in [-0.39, 0.29) is 0 Å². The zero-order valence-corrected chi connectivity index (χ0v) is 21.3. The van der Waals surface area contributed by atoms with Crippen molar-refractivity contribution in [3.63, 3.8) is 0 Å². The molecule has 180 valence electrons. The lowest BCUT2D eigenvalue weighted by Gasteiger charge is -2.30. The van der Waals surface area contributed by atoms with Crippen LogP contribution in [0.25, 0.3) is 43.4 Å². The number of anilines is 3. The molecule has 0 aliphatic heterocycles. The van der Waals surface area contributed by atoms with Crippen molar-refractivity contribution in [3.8, 4) is 11.1 Å². The SMILES string of the molecule is Cc1cccc(N(c2ccc3ccccc3c2-c2cccc3ccccc23)c2cccc3ccccc23)c1. The largest absolute Gasteiger partial charge is 0.309 e. The van der Waals surface area contributed by atoms with Crippen LogP contribution < -0.4 is 4.90 Å². The van der Waals surface area contributed by atoms with Crippen LogP contribution in [-0.4, -0.2) is 0 Å². The van der Waals surface area contributed by atoms with Gasteiger partial charge >= 0.3 is 0 Å². The molecule has 7 rings (SSSR count). The molecule has 1 heteroatoms. The van der Waals surface area contributed by atoms with Gasteiger partial charge in [-0.3, -0.25) is 0 Å². The monoisotopic (exact) mass is 485 g/mol. The summed E-state index contributed by atoms with van der Waals surface area (Å²) < 4.78 is 0. The first-order chi connectivity index (χ1) is 18.8. The Balaban J connectivity index is 1.63. The Morgan fingerprint density at radius 3 is 1.76 bits per heavy atom. The van der Waals surface area contributed by atoms with Crippen LogP contribution in [0.1, 0.15) is 5.56 Å². The molecule has 0 aliphatic carbocycles. The average Bonchev–Trinajstić information content (AvgIpc) is 2.97. The van der Waals surface area contributed by atoms with E-state index in [2.05, 4.69) is 157 Å². The molecular formula is C37H27N. The van der Waals surface area contributed by atoms with Gasteiger partial charge in [0.05, 0.1) is 11.4 Å². The van der Waals surface area contributed by atoms with Crippen molar-refractivity contribution in [2.45, 2.75) is 6.92 Å². The molecule has 0 aliphatic rings. The van der Waals surface area contributed by atoms with Crippen LogP contribution in [-0.2, 0) is 0 Å². The van der Waals surface area contributed by atoms with Crippen LogP contribution >= 0.6 is 0 Å². The standard InChI is InChI=1S/C37H27N/c1-26-11-8-17-30(25-26)38(35-22-10-16-28-13-3-6-19-32(28)35)36-24-23-29-14-4-7-20-33(29)37(36)34-21-9-15-27-12-2-5-18-31(27)34/h2-25H,1H3. The van der Waals surface area contributed by atoms with Crippen molar-refractivity contribution in [2.75, 3.05) is 4.90 Å². The molecule has 0 heterocycles. The van der Waals surface area contributed by atoms with Crippen molar-refractivity contribution < 1.29 is 0 Å². The summed E-state index contributed by atoms with van der Waals surface area (Å²) >= 11 is 0. The number of benzene rings is 7. The van der Waals surface area contributed by atoms with E-state index in [0.29, 0.717) is 0 Å². The lowest BCUT2D eigenvalue weighted by Crippen LogP contribution is -2.12. The van der Waals surface area contributed by atoms with Gasteiger partial charge in [-0.25, -0.2) is 0 Å². The Morgan fingerprint density at radius 2 is 1.00 bits per heavy atom. The first kappa shape index (κ1) is 22.3. The van der Waals surface area contributed by atoms with Crippen LogP contribution in [0.2, 0.25) is 0 Å². The van der Waals surface area contributed by atoms with Crippen molar-refractivity contribution in [3.05, 3.63) is 151 Å². The van der Waals surface area contributed by atoms with Crippen molar-refractivity contribution >= 4 is 49.4 Å². The van der Waals surface area contributed by atoms with Crippen LogP contribution in [0.15, 0.2) is 146 Å². The fraction of sp³-hybridized carbons (Fsp3) is 0.0270. The van der Waals surface area contributed by atoms with Crippen LogP contribution in [0.5, 0.6) is 0 Å². The predicted octanol–water partition coefficient (Wildman–Crippen LogP) is 10.6. The van der Waals surface area contributed by atoms with Gasteiger partial charge < -0.3 is 4.90 Å². The fourth-order valence-corrected chi connectivity index (χ4v) is 5.75. The summed E-state index contributed by atoms with van der Waals surface area (Å²) in [6.45, 7) is 2.16. The summed E-state index contributed by atoms with van der Waals surface area (Å²) in [5.74, 6) is 0. The van der Waals surface area contributed by atoms with Crippen molar-refractivity contribution in [1.82, 2.24) is 0 Å². The van der Waals surface area contributed by atoms with E-state index >= 15 is 0 Å². The molecule has 0 bridgehead atoms. The van der Waals surface area contributed by atoms with Crippen LogP contribution in [0, 0.1) is 6.92 Å². The van der Waals surface area contributed by atoms with Gasteiger partial charge in [0.1, 0.15) is 0 Å². The topological polar surface area (TPSA) is 3.24 Å². The fourth-order valence-electron chi connectivity index (χ4n) is 5.75. The summed E-state index contributed by atoms with van der Waals surface area (Å²) in [6, 6.07) is 52.7. The van der Waals surface area contributed by atoms with Gasteiger partial charge in [-0.15, -0.1) is 0 Å². The first-order valence-electron chi connectivity index (χ1n) is 13.1. The van der Waals surface area contributed by atoms with Gasteiger partial charge in [0.15, 0.2) is 0 Å². The molecule has 0 radical (unpaired) electrons. The Bertz CT molecular complexity index is 1940. The third kappa shape index (κ3) is 3.72. The number of aryl methyl sites for hydroxylation is 1. The highest BCUT2D eigenvalue weighted by Crippen LogP contribution is 2.47. The van der Waals surface area contributed by atoms with Crippen LogP contribution in [0.4, 0.5) is 17.1 Å². The number of hydrogen-bond acceptors (Lipinski definition) is 1. The molecule has 0 atom stereocenters. The maximum Gasteiger partial charge on any atom is 0.0546 e. The van der Waals surface area contributed by atoms with E-state index < -0.39 is 0 Å². The number of rotatable bonds is 4. The van der Waals surface area contributed by atoms with Gasteiger partial charge in [0, 0.05) is 16.6 Å². The predicted molar refractivity (Wildman–Crippen MR) is 164 cm³/mol. The van der Waals surface area contributed by atoms with Gasteiger partial charge in [-0.05, 0) is 69.2 Å². The number of hydrogen-bond donors (Lipinski definition) is 0. The maximum atomic E-state index is 2.44. The normalized spacial score (nSPS) is 11.3. The van der Waals surface area contributed by atoms with Crippen molar-refractivity contribution in [1.29, 1.82) is 0 Å². The summed E-state index contributed by atoms with van der Waals surface area (Å²) in [7, 11) is 0.